The summed E-state index contributed by atoms with van der Waals surface area (Å²) in [6.07, 6.45) is 0.615. The van der Waals surface area contributed by atoms with E-state index in [0.29, 0.717) is 35.2 Å². The summed E-state index contributed by atoms with van der Waals surface area (Å²) in [6.45, 7) is 0.517. The Bertz CT molecular complexity index is 993. The van der Waals surface area contributed by atoms with Crippen LogP contribution in [0.2, 0.25) is 5.02 Å². The zero-order valence-electron chi connectivity index (χ0n) is 16.8. The summed E-state index contributed by atoms with van der Waals surface area (Å²) in [5.74, 6) is 0.579. The average Bonchev–Trinajstić information content (AvgIpc) is 2.72. The van der Waals surface area contributed by atoms with E-state index in [1.165, 1.54) is 22.8 Å². The van der Waals surface area contributed by atoms with Gasteiger partial charge in [-0.15, -0.1) is 0 Å². The number of benzene rings is 2. The quantitative estimate of drug-likeness (QED) is 0.696. The van der Waals surface area contributed by atoms with Gasteiger partial charge < -0.3 is 14.8 Å². The van der Waals surface area contributed by atoms with E-state index >= 15 is 0 Å². The van der Waals surface area contributed by atoms with Gasteiger partial charge in [0.05, 0.1) is 20.8 Å². The van der Waals surface area contributed by atoms with Crippen LogP contribution in [-0.2, 0) is 21.5 Å². The van der Waals surface area contributed by atoms with Crippen molar-refractivity contribution < 1.29 is 22.7 Å². The van der Waals surface area contributed by atoms with Gasteiger partial charge in [-0.1, -0.05) is 29.8 Å². The third kappa shape index (κ3) is 5.23. The summed E-state index contributed by atoms with van der Waals surface area (Å²) in [4.78, 5) is 12.5. The maximum atomic E-state index is 13.0. The number of nitrogens with zero attached hydrogens (tertiary/aromatic N) is 2. The molecule has 1 N–H and O–H groups in total. The highest BCUT2D eigenvalue weighted by Crippen LogP contribution is 2.26. The summed E-state index contributed by atoms with van der Waals surface area (Å²) in [7, 11) is -0.778. The van der Waals surface area contributed by atoms with Crippen LogP contribution in [0.4, 0.5) is 5.69 Å². The zero-order valence-corrected chi connectivity index (χ0v) is 18.4. The maximum absolute atomic E-state index is 13.0. The molecule has 1 saturated heterocycles. The third-order valence-corrected chi connectivity index (χ3v) is 7.02. The Morgan fingerprint density at radius 1 is 1.07 bits per heavy atom. The Balaban J connectivity index is 1.70. The molecule has 1 fully saturated rings. The molecule has 1 aliphatic heterocycles. The van der Waals surface area contributed by atoms with Crippen LogP contribution in [-0.4, -0.2) is 56.8 Å². The van der Waals surface area contributed by atoms with E-state index in [1.807, 2.05) is 6.07 Å². The number of amides is 1. The number of halogens is 1. The maximum Gasteiger partial charge on any atom is 0.282 e. The Labute approximate surface area is 181 Å². The highest BCUT2D eigenvalue weighted by atomic mass is 35.5. The second-order valence-electron chi connectivity index (χ2n) is 6.77. The molecular weight excluding hydrogens is 430 g/mol. The second kappa shape index (κ2) is 9.65. The first-order valence-corrected chi connectivity index (χ1v) is 11.1. The van der Waals surface area contributed by atoms with Crippen molar-refractivity contribution in [1.29, 1.82) is 0 Å². The molecule has 162 valence electrons. The molecule has 0 radical (unpaired) electrons. The number of rotatable bonds is 7. The van der Waals surface area contributed by atoms with Crippen LogP contribution in [0.5, 0.6) is 11.5 Å². The first kappa shape index (κ1) is 22.4. The molecule has 2 aromatic carbocycles. The van der Waals surface area contributed by atoms with Gasteiger partial charge in [0.15, 0.2) is 0 Å². The minimum absolute atomic E-state index is 0.160. The molecule has 0 saturated carbocycles. The normalized spacial score (nSPS) is 16.8. The molecule has 0 aliphatic carbocycles. The molecule has 1 aliphatic rings. The Morgan fingerprint density at radius 2 is 1.70 bits per heavy atom. The topological polar surface area (TPSA) is 88.2 Å². The Hall–Kier alpha value is -2.33. The van der Waals surface area contributed by atoms with Gasteiger partial charge in [-0.25, -0.2) is 0 Å². The van der Waals surface area contributed by atoms with E-state index in [0.717, 1.165) is 5.56 Å². The molecule has 0 aromatic heterocycles. The summed E-state index contributed by atoms with van der Waals surface area (Å²) in [6, 6.07) is 12.1. The van der Waals surface area contributed by atoms with Gasteiger partial charge >= 0.3 is 0 Å². The fourth-order valence-corrected chi connectivity index (χ4v) is 5.02. The van der Waals surface area contributed by atoms with Gasteiger partial charge in [-0.05, 0) is 18.1 Å². The van der Waals surface area contributed by atoms with E-state index in [4.69, 9.17) is 21.1 Å². The van der Waals surface area contributed by atoms with Crippen molar-refractivity contribution in [3.63, 3.8) is 0 Å². The summed E-state index contributed by atoms with van der Waals surface area (Å²) in [5.41, 5.74) is 1.18. The van der Waals surface area contributed by atoms with Crippen LogP contribution in [0.15, 0.2) is 42.5 Å². The predicted octanol–water partition coefficient (Wildman–Crippen LogP) is 2.75. The highest BCUT2D eigenvalue weighted by molar-refractivity contribution is 7.86. The van der Waals surface area contributed by atoms with Crippen molar-refractivity contribution in [2.24, 2.45) is 0 Å². The highest BCUT2D eigenvalue weighted by Gasteiger charge is 2.35. The number of hydrogen-bond acceptors (Lipinski definition) is 5. The Kier molecular flexibility index (Phi) is 7.19. The van der Waals surface area contributed by atoms with Crippen molar-refractivity contribution in [1.82, 2.24) is 8.61 Å². The molecule has 8 nitrogen and oxygen atoms in total. The van der Waals surface area contributed by atoms with Crippen LogP contribution in [0.3, 0.4) is 0 Å². The molecule has 0 spiro atoms. The Morgan fingerprint density at radius 3 is 2.33 bits per heavy atom. The van der Waals surface area contributed by atoms with E-state index < -0.39 is 16.1 Å². The standard InChI is InChI=1S/C20H24ClN3O5S/c1-28-17-10-16(11-18(12-17)29-2)22-20(25)14-24-9-5-8-23(30(24,26)27)13-15-6-3-4-7-19(15)21/h3-4,6-7,10-12H,5,8-9,13-14H2,1-2H3,(H,22,25). The monoisotopic (exact) mass is 453 g/mol. The first-order chi connectivity index (χ1) is 14.3. The lowest BCUT2D eigenvalue weighted by Gasteiger charge is -2.34. The fourth-order valence-electron chi connectivity index (χ4n) is 3.20. The largest absolute Gasteiger partial charge is 0.497 e. The minimum atomic E-state index is -3.79. The molecule has 3 rings (SSSR count). The van der Waals surface area contributed by atoms with Crippen LogP contribution in [0.1, 0.15) is 12.0 Å². The molecule has 30 heavy (non-hydrogen) atoms. The van der Waals surface area contributed by atoms with Crippen LogP contribution >= 0.6 is 11.6 Å². The molecule has 2 aromatic rings. The van der Waals surface area contributed by atoms with Crippen LogP contribution < -0.4 is 14.8 Å². The number of nitrogens with one attached hydrogen (secondary N) is 1. The zero-order chi connectivity index (χ0) is 21.7. The van der Waals surface area contributed by atoms with E-state index in [-0.39, 0.29) is 19.6 Å². The molecule has 1 heterocycles. The molecule has 0 bridgehead atoms. The number of carbonyl (C=O) groups is 1. The van der Waals surface area contributed by atoms with Gasteiger partial charge in [0.2, 0.25) is 5.91 Å². The number of ether oxygens (including phenoxy) is 2. The molecular formula is C20H24ClN3O5S. The summed E-state index contributed by atoms with van der Waals surface area (Å²) >= 11 is 6.18. The van der Waals surface area contributed by atoms with E-state index in [2.05, 4.69) is 5.32 Å². The van der Waals surface area contributed by atoms with E-state index in [9.17, 15) is 13.2 Å². The molecule has 0 atom stereocenters. The molecule has 1 amide bonds. The van der Waals surface area contributed by atoms with Gasteiger partial charge in [-0.3, -0.25) is 4.79 Å². The summed E-state index contributed by atoms with van der Waals surface area (Å²) in [5, 5.41) is 3.21. The average molecular weight is 454 g/mol. The SMILES string of the molecule is COc1cc(NC(=O)CN2CCCN(Cc3ccccc3Cl)S2(=O)=O)cc(OC)c1. The van der Waals surface area contributed by atoms with Crippen molar-refractivity contribution >= 4 is 33.4 Å². The third-order valence-electron chi connectivity index (χ3n) is 4.73. The number of anilines is 1. The first-order valence-electron chi connectivity index (χ1n) is 9.35. The van der Waals surface area contributed by atoms with Crippen molar-refractivity contribution in [2.75, 3.05) is 39.2 Å². The van der Waals surface area contributed by atoms with Crippen molar-refractivity contribution in [3.8, 4) is 11.5 Å². The smallest absolute Gasteiger partial charge is 0.282 e. The molecule has 0 unspecified atom stereocenters. The van der Waals surface area contributed by atoms with Crippen molar-refractivity contribution in [2.45, 2.75) is 13.0 Å². The van der Waals surface area contributed by atoms with Crippen LogP contribution in [0, 0.1) is 0 Å². The van der Waals surface area contributed by atoms with Gasteiger partial charge in [-0.2, -0.15) is 17.0 Å². The number of methoxy groups -OCH3 is 2. The van der Waals surface area contributed by atoms with E-state index in [1.54, 1.807) is 36.4 Å². The van der Waals surface area contributed by atoms with Crippen LogP contribution in [0.25, 0.3) is 0 Å². The lowest BCUT2D eigenvalue weighted by Crippen LogP contribution is -2.51. The second-order valence-corrected chi connectivity index (χ2v) is 9.11. The number of hydrogen-bond donors (Lipinski definition) is 1. The van der Waals surface area contributed by atoms with Gasteiger partial charge in [0, 0.05) is 48.5 Å². The summed E-state index contributed by atoms with van der Waals surface area (Å²) < 4.78 is 38.9. The van der Waals surface area contributed by atoms with Crippen molar-refractivity contribution in [3.05, 3.63) is 53.1 Å². The lowest BCUT2D eigenvalue weighted by molar-refractivity contribution is -0.116. The molecule has 10 heteroatoms. The predicted molar refractivity (Wildman–Crippen MR) is 115 cm³/mol. The lowest BCUT2D eigenvalue weighted by atomic mass is 10.2. The van der Waals surface area contributed by atoms with Gasteiger partial charge in [0.1, 0.15) is 11.5 Å². The van der Waals surface area contributed by atoms with Gasteiger partial charge in [0.25, 0.3) is 10.2 Å². The minimum Gasteiger partial charge on any atom is -0.497 e. The number of carbonyl (C=O) groups excluding carboxylic acids is 1. The fraction of sp³-hybridized carbons (Fsp3) is 0.350.